The molecule has 1 unspecified atom stereocenters. The van der Waals surface area contributed by atoms with Gasteiger partial charge in [-0.2, -0.15) is 0 Å². The van der Waals surface area contributed by atoms with E-state index in [1.54, 1.807) is 53.7 Å². The molecule has 0 aliphatic carbocycles. The first-order valence-electron chi connectivity index (χ1n) is 14.3. The van der Waals surface area contributed by atoms with E-state index in [0.29, 0.717) is 13.1 Å². The number of carbonyl (C=O) groups excluding carboxylic acids is 2. The smallest absolute Gasteiger partial charge is 0.410 e. The maximum atomic E-state index is 17.0. The molecule has 1 atom stereocenters. The molecule has 1 amide bonds. The monoisotopic (exact) mass is 575 g/mol. The molecule has 0 spiro atoms. The van der Waals surface area contributed by atoms with Crippen LogP contribution in [0.25, 0.3) is 0 Å². The summed E-state index contributed by atoms with van der Waals surface area (Å²) in [6, 6.07) is 22.7. The molecule has 1 saturated heterocycles. The van der Waals surface area contributed by atoms with Gasteiger partial charge in [0.25, 0.3) is 0 Å². The zero-order valence-corrected chi connectivity index (χ0v) is 25.4. The fourth-order valence-corrected chi connectivity index (χ4v) is 5.26. The molecule has 0 aromatic heterocycles. The van der Waals surface area contributed by atoms with Crippen LogP contribution in [-0.4, -0.2) is 41.3 Å². The topological polar surface area (TPSA) is 85.1 Å². The van der Waals surface area contributed by atoms with Crippen molar-refractivity contribution in [2.45, 2.75) is 77.7 Å². The summed E-state index contributed by atoms with van der Waals surface area (Å²) in [6.45, 7) is 11.6. The molecule has 2 N–H and O–H groups in total. The summed E-state index contributed by atoms with van der Waals surface area (Å²) in [5, 5.41) is 0. The number of likely N-dealkylation sites (tertiary alicyclic amines) is 1. The van der Waals surface area contributed by atoms with Crippen LogP contribution in [-0.2, 0) is 32.8 Å². The summed E-state index contributed by atoms with van der Waals surface area (Å²) in [5.41, 5.74) is 6.08. The van der Waals surface area contributed by atoms with Gasteiger partial charge in [0.15, 0.2) is 5.82 Å². The van der Waals surface area contributed by atoms with Crippen molar-refractivity contribution in [3.05, 3.63) is 95.3 Å². The molecule has 8 heteroatoms. The van der Waals surface area contributed by atoms with Crippen molar-refractivity contribution in [1.29, 1.82) is 0 Å². The van der Waals surface area contributed by atoms with Crippen molar-refractivity contribution >= 4 is 23.4 Å². The summed E-state index contributed by atoms with van der Waals surface area (Å²) in [7, 11) is 0. The minimum Gasteiger partial charge on any atom is -0.459 e. The fraction of sp³-hybridized carbons (Fsp3) is 0.412. The Morgan fingerprint density at radius 2 is 1.38 bits per heavy atom. The van der Waals surface area contributed by atoms with E-state index < -0.39 is 34.5 Å². The molecule has 0 bridgehead atoms. The Morgan fingerprint density at radius 3 is 1.88 bits per heavy atom. The Kier molecular flexibility index (Phi) is 8.85. The molecule has 42 heavy (non-hydrogen) atoms. The minimum atomic E-state index is -1.44. The van der Waals surface area contributed by atoms with E-state index in [1.165, 1.54) is 4.90 Å². The number of nitrogens with zero attached hydrogens (tertiary/aromatic N) is 2. The van der Waals surface area contributed by atoms with Gasteiger partial charge >= 0.3 is 12.1 Å². The molecule has 0 saturated carbocycles. The third kappa shape index (κ3) is 7.22. The summed E-state index contributed by atoms with van der Waals surface area (Å²) >= 11 is 0. The van der Waals surface area contributed by atoms with Gasteiger partial charge in [-0.05, 0) is 65.2 Å². The third-order valence-electron chi connectivity index (χ3n) is 7.12. The van der Waals surface area contributed by atoms with E-state index in [2.05, 4.69) is 0 Å². The summed E-state index contributed by atoms with van der Waals surface area (Å²) in [4.78, 5) is 30.3. The Hall–Kier alpha value is -4.07. The zero-order valence-electron chi connectivity index (χ0n) is 25.4. The van der Waals surface area contributed by atoms with Gasteiger partial charge in [0.1, 0.15) is 16.6 Å². The average Bonchev–Trinajstić information content (AvgIpc) is 3.35. The van der Waals surface area contributed by atoms with Crippen molar-refractivity contribution in [3.8, 4) is 0 Å². The molecule has 224 valence electrons. The van der Waals surface area contributed by atoms with E-state index >= 15 is 4.39 Å². The van der Waals surface area contributed by atoms with Gasteiger partial charge in [-0.3, -0.25) is 4.79 Å². The molecule has 3 aromatic rings. The van der Waals surface area contributed by atoms with Crippen molar-refractivity contribution in [2.75, 3.05) is 23.7 Å². The van der Waals surface area contributed by atoms with Gasteiger partial charge in [0.05, 0.1) is 11.4 Å². The number of halogens is 1. The highest BCUT2D eigenvalue weighted by Crippen LogP contribution is 2.43. The van der Waals surface area contributed by atoms with Crippen LogP contribution in [0.3, 0.4) is 0 Å². The Labute approximate surface area is 248 Å². The van der Waals surface area contributed by atoms with Crippen molar-refractivity contribution < 1.29 is 23.5 Å². The van der Waals surface area contributed by atoms with E-state index in [-0.39, 0.29) is 36.4 Å². The van der Waals surface area contributed by atoms with Crippen LogP contribution in [0, 0.1) is 5.82 Å². The lowest BCUT2D eigenvalue weighted by molar-refractivity contribution is -0.161. The van der Waals surface area contributed by atoms with Gasteiger partial charge in [0, 0.05) is 31.7 Å². The minimum absolute atomic E-state index is 0.0749. The second-order valence-corrected chi connectivity index (χ2v) is 12.9. The summed E-state index contributed by atoms with van der Waals surface area (Å²) in [5.74, 6) is -1.19. The second-order valence-electron chi connectivity index (χ2n) is 12.9. The quantitative estimate of drug-likeness (QED) is 0.245. The first-order chi connectivity index (χ1) is 19.7. The van der Waals surface area contributed by atoms with Gasteiger partial charge in [-0.15, -0.1) is 0 Å². The van der Waals surface area contributed by atoms with Crippen molar-refractivity contribution in [2.24, 2.45) is 0 Å². The van der Waals surface area contributed by atoms with E-state index in [0.717, 1.165) is 11.1 Å². The molecule has 1 aliphatic heterocycles. The van der Waals surface area contributed by atoms with E-state index in [9.17, 15) is 9.59 Å². The first kappa shape index (κ1) is 30.9. The third-order valence-corrected chi connectivity index (χ3v) is 7.12. The van der Waals surface area contributed by atoms with Crippen LogP contribution < -0.4 is 10.6 Å². The molecule has 4 rings (SSSR count). The number of amides is 1. The predicted molar refractivity (Wildman–Crippen MR) is 164 cm³/mol. The lowest BCUT2D eigenvalue weighted by Gasteiger charge is -2.34. The van der Waals surface area contributed by atoms with E-state index in [4.69, 9.17) is 15.2 Å². The SMILES string of the molecule is CC(C)(C)OC(=O)N1CCC(C(=O)OC(C)(C)C)(c2ccc(N)c(N(Cc3ccccc3)Cc3ccccc3)c2F)C1. The van der Waals surface area contributed by atoms with Gasteiger partial charge in [0.2, 0.25) is 0 Å². The first-order valence-corrected chi connectivity index (χ1v) is 14.3. The number of hydrogen-bond donors (Lipinski definition) is 1. The number of nitrogens with two attached hydrogens (primary N) is 1. The van der Waals surface area contributed by atoms with Crippen LogP contribution in [0.1, 0.15) is 64.7 Å². The number of anilines is 2. The summed E-state index contributed by atoms with van der Waals surface area (Å²) in [6.07, 6.45) is -0.377. The number of hydrogen-bond acceptors (Lipinski definition) is 6. The van der Waals surface area contributed by atoms with E-state index in [1.807, 2.05) is 65.6 Å². The van der Waals surface area contributed by atoms with Crippen LogP contribution in [0.4, 0.5) is 20.6 Å². The number of rotatable bonds is 7. The number of ether oxygens (including phenoxy) is 2. The normalized spacial score (nSPS) is 17.2. The van der Waals surface area contributed by atoms with Crippen LogP contribution in [0.15, 0.2) is 72.8 Å². The molecule has 0 radical (unpaired) electrons. The van der Waals surface area contributed by atoms with Crippen LogP contribution in [0.2, 0.25) is 0 Å². The predicted octanol–water partition coefficient (Wildman–Crippen LogP) is 6.84. The Balaban J connectivity index is 1.81. The molecular formula is C34H42FN3O4. The maximum Gasteiger partial charge on any atom is 0.410 e. The Morgan fingerprint density at radius 1 is 0.857 bits per heavy atom. The molecule has 7 nitrogen and oxygen atoms in total. The highest BCUT2D eigenvalue weighted by atomic mass is 19.1. The Bertz CT molecular complexity index is 1360. The van der Waals surface area contributed by atoms with Crippen molar-refractivity contribution in [3.63, 3.8) is 0 Å². The maximum absolute atomic E-state index is 17.0. The molecule has 1 heterocycles. The van der Waals surface area contributed by atoms with Crippen molar-refractivity contribution in [1.82, 2.24) is 4.90 Å². The number of nitrogen functional groups attached to an aromatic ring is 1. The second kappa shape index (κ2) is 12.0. The molecule has 3 aromatic carbocycles. The lowest BCUT2D eigenvalue weighted by Crippen LogP contribution is -2.45. The molecule has 1 fully saturated rings. The highest BCUT2D eigenvalue weighted by Gasteiger charge is 2.52. The van der Waals surface area contributed by atoms with Gasteiger partial charge < -0.3 is 25.0 Å². The van der Waals surface area contributed by atoms with Crippen LogP contribution in [0.5, 0.6) is 0 Å². The number of esters is 1. The van der Waals surface area contributed by atoms with Crippen LogP contribution >= 0.6 is 0 Å². The lowest BCUT2D eigenvalue weighted by atomic mass is 9.78. The number of carbonyl (C=O) groups is 2. The number of benzene rings is 3. The summed E-state index contributed by atoms with van der Waals surface area (Å²) < 4.78 is 28.5. The standard InChI is InChI=1S/C34H42FN3O4/c1-32(2,3)41-30(39)34(19-20-37(23-34)31(40)42-33(4,5)6)26-17-18-27(36)29(28(26)35)38(21-24-13-9-7-10-14-24)22-25-15-11-8-12-16-25/h7-18H,19-23,36H2,1-6H3. The zero-order chi connectivity index (χ0) is 30.7. The fourth-order valence-electron chi connectivity index (χ4n) is 5.26. The van der Waals surface area contributed by atoms with Gasteiger partial charge in [-0.25, -0.2) is 9.18 Å². The molecule has 1 aliphatic rings. The van der Waals surface area contributed by atoms with Gasteiger partial charge in [-0.1, -0.05) is 66.7 Å². The highest BCUT2D eigenvalue weighted by molar-refractivity contribution is 5.87. The molecular weight excluding hydrogens is 533 g/mol. The largest absolute Gasteiger partial charge is 0.459 e. The average molecular weight is 576 g/mol.